The number of benzene rings is 1. The van der Waals surface area contributed by atoms with Crippen LogP contribution in [0.15, 0.2) is 18.2 Å². The fraction of sp³-hybridized carbons (Fsp3) is 0.571. The highest BCUT2D eigenvalue weighted by Gasteiger charge is 2.49. The number of carbonyl (C=O) groups excluding carboxylic acids is 2. The number of piperidine rings is 1. The Hall–Kier alpha value is -2.62. The number of rotatable bonds is 5. The van der Waals surface area contributed by atoms with Crippen molar-refractivity contribution in [2.45, 2.75) is 69.4 Å². The van der Waals surface area contributed by atoms with Gasteiger partial charge >= 0.3 is 5.97 Å². The summed E-state index contributed by atoms with van der Waals surface area (Å²) in [6, 6.07) is 5.84. The van der Waals surface area contributed by atoms with Crippen LogP contribution in [0, 0.1) is 5.92 Å². The molecule has 2 N–H and O–H groups in total. The maximum Gasteiger partial charge on any atom is 0.341 e. The molecule has 0 radical (unpaired) electrons. The van der Waals surface area contributed by atoms with Gasteiger partial charge in [0.25, 0.3) is 0 Å². The van der Waals surface area contributed by atoms with E-state index in [4.69, 9.17) is 14.2 Å². The quantitative estimate of drug-likeness (QED) is 0.556. The Morgan fingerprint density at radius 3 is 2.86 bits per heavy atom. The van der Waals surface area contributed by atoms with Gasteiger partial charge in [-0.3, -0.25) is 9.69 Å². The third kappa shape index (κ3) is 4.51. The standard InChI is InChI=1S/C28H34N2O6S/c1-34-27(32)24-18-6-2-3-8-22(18)37-26(24)29-23(31)15-30-13-12-28(33)11-5-4-7-19(28)25(30)17-9-10-20-21(14-17)36-16-35-20/h9-10,14,19,25,33H,2-8,11-13,15-16H2,1H3,(H,29,31)/t19-,25+,28+/m0/s1. The van der Waals surface area contributed by atoms with Gasteiger partial charge in [-0.25, -0.2) is 4.79 Å². The minimum Gasteiger partial charge on any atom is -0.465 e. The summed E-state index contributed by atoms with van der Waals surface area (Å²) in [5, 5.41) is 15.2. The molecule has 3 atom stereocenters. The molecular weight excluding hydrogens is 492 g/mol. The number of nitrogens with zero attached hydrogens (tertiary/aromatic N) is 1. The largest absolute Gasteiger partial charge is 0.465 e. The van der Waals surface area contributed by atoms with Crippen LogP contribution in [0.2, 0.25) is 0 Å². The number of aliphatic hydroxyl groups is 1. The highest BCUT2D eigenvalue weighted by atomic mass is 32.1. The molecule has 0 spiro atoms. The van der Waals surface area contributed by atoms with E-state index >= 15 is 0 Å². The Kier molecular flexibility index (Phi) is 6.63. The number of hydrogen-bond donors (Lipinski definition) is 2. The number of aryl methyl sites for hydroxylation is 1. The van der Waals surface area contributed by atoms with Crippen molar-refractivity contribution in [2.75, 3.05) is 32.3 Å². The Morgan fingerprint density at radius 1 is 1.16 bits per heavy atom. The van der Waals surface area contributed by atoms with Gasteiger partial charge in [0.2, 0.25) is 12.7 Å². The minimum atomic E-state index is -0.725. The van der Waals surface area contributed by atoms with Crippen molar-refractivity contribution in [3.8, 4) is 11.5 Å². The Bertz CT molecular complexity index is 1210. The molecule has 0 bridgehead atoms. The molecule has 37 heavy (non-hydrogen) atoms. The van der Waals surface area contributed by atoms with Gasteiger partial charge in [-0.2, -0.15) is 0 Å². The molecule has 1 aromatic carbocycles. The molecule has 0 unspecified atom stereocenters. The van der Waals surface area contributed by atoms with Crippen molar-refractivity contribution in [1.82, 2.24) is 4.90 Å². The van der Waals surface area contributed by atoms with Crippen molar-refractivity contribution in [3.63, 3.8) is 0 Å². The third-order valence-electron chi connectivity index (χ3n) is 8.57. The van der Waals surface area contributed by atoms with E-state index in [1.807, 2.05) is 18.2 Å². The smallest absolute Gasteiger partial charge is 0.341 e. The first-order valence-electron chi connectivity index (χ1n) is 13.4. The number of carbonyl (C=O) groups is 2. The maximum atomic E-state index is 13.5. The molecule has 8 nitrogen and oxygen atoms in total. The average molecular weight is 527 g/mol. The van der Waals surface area contributed by atoms with Gasteiger partial charge in [-0.05, 0) is 68.2 Å². The number of nitrogens with one attached hydrogen (secondary N) is 1. The van der Waals surface area contributed by atoms with E-state index in [-0.39, 0.29) is 31.2 Å². The van der Waals surface area contributed by atoms with Crippen LogP contribution in [0.25, 0.3) is 0 Å². The second-order valence-electron chi connectivity index (χ2n) is 10.7. The fourth-order valence-electron chi connectivity index (χ4n) is 6.78. The number of thiophene rings is 1. The van der Waals surface area contributed by atoms with Gasteiger partial charge < -0.3 is 24.6 Å². The Balaban J connectivity index is 1.27. The predicted octanol–water partition coefficient (Wildman–Crippen LogP) is 4.45. The normalized spacial score (nSPS) is 26.8. The topological polar surface area (TPSA) is 97.3 Å². The second-order valence-corrected chi connectivity index (χ2v) is 11.8. The molecule has 4 aliphatic rings. The van der Waals surface area contributed by atoms with Crippen molar-refractivity contribution in [3.05, 3.63) is 39.8 Å². The van der Waals surface area contributed by atoms with Crippen LogP contribution >= 0.6 is 11.3 Å². The lowest BCUT2D eigenvalue weighted by molar-refractivity contribution is -0.135. The summed E-state index contributed by atoms with van der Waals surface area (Å²) in [7, 11) is 1.38. The molecule has 9 heteroatoms. The molecule has 6 rings (SSSR count). The number of fused-ring (bicyclic) bond motifs is 3. The molecular formula is C28H34N2O6S. The number of likely N-dealkylation sites (tertiary alicyclic amines) is 1. The zero-order valence-corrected chi connectivity index (χ0v) is 22.0. The summed E-state index contributed by atoms with van der Waals surface area (Å²) in [5.74, 6) is 0.912. The van der Waals surface area contributed by atoms with Gasteiger partial charge in [0.1, 0.15) is 5.00 Å². The van der Waals surface area contributed by atoms with Crippen molar-refractivity contribution < 1.29 is 28.9 Å². The summed E-state index contributed by atoms with van der Waals surface area (Å²) in [5.41, 5.74) is 1.85. The van der Waals surface area contributed by atoms with E-state index in [2.05, 4.69) is 10.2 Å². The van der Waals surface area contributed by atoms with E-state index in [0.717, 1.165) is 68.2 Å². The van der Waals surface area contributed by atoms with Crippen LogP contribution in [0.5, 0.6) is 11.5 Å². The molecule has 2 aliphatic heterocycles. The first-order valence-corrected chi connectivity index (χ1v) is 14.2. The highest BCUT2D eigenvalue weighted by molar-refractivity contribution is 7.17. The zero-order valence-electron chi connectivity index (χ0n) is 21.2. The third-order valence-corrected chi connectivity index (χ3v) is 9.78. The summed E-state index contributed by atoms with van der Waals surface area (Å²) in [6.45, 7) is 0.995. The molecule has 1 amide bonds. The highest BCUT2D eigenvalue weighted by Crippen LogP contribution is 2.50. The lowest BCUT2D eigenvalue weighted by Gasteiger charge is -2.52. The summed E-state index contributed by atoms with van der Waals surface area (Å²) in [4.78, 5) is 29.4. The molecule has 2 aromatic rings. The number of ether oxygens (including phenoxy) is 3. The van der Waals surface area contributed by atoms with Crippen molar-refractivity contribution in [2.24, 2.45) is 5.92 Å². The lowest BCUT2D eigenvalue weighted by atomic mass is 9.66. The SMILES string of the molecule is COC(=O)c1c(NC(=O)CN2CC[C@]3(O)CCCC[C@H]3[C@H]2c2ccc3c(c2)OCO3)sc2c1CCCC2. The molecule has 1 saturated carbocycles. The Labute approximate surface area is 220 Å². The van der Waals surface area contributed by atoms with Gasteiger partial charge in [0, 0.05) is 23.4 Å². The van der Waals surface area contributed by atoms with E-state index < -0.39 is 11.6 Å². The van der Waals surface area contributed by atoms with E-state index in [9.17, 15) is 14.7 Å². The number of hydrogen-bond acceptors (Lipinski definition) is 8. The Morgan fingerprint density at radius 2 is 2.00 bits per heavy atom. The second kappa shape index (κ2) is 9.93. The van der Waals surface area contributed by atoms with E-state index in [1.54, 1.807) is 0 Å². The average Bonchev–Trinajstić information content (AvgIpc) is 3.51. The monoisotopic (exact) mass is 526 g/mol. The first kappa shape index (κ1) is 24.7. The van der Waals surface area contributed by atoms with Gasteiger partial charge in [-0.1, -0.05) is 18.9 Å². The van der Waals surface area contributed by atoms with Gasteiger partial charge in [0.15, 0.2) is 11.5 Å². The van der Waals surface area contributed by atoms with Gasteiger partial charge in [0.05, 0.1) is 24.8 Å². The van der Waals surface area contributed by atoms with Crippen LogP contribution in [0.3, 0.4) is 0 Å². The summed E-state index contributed by atoms with van der Waals surface area (Å²) in [6.07, 6.45) is 8.35. The lowest BCUT2D eigenvalue weighted by Crippen LogP contribution is -2.56. The molecule has 2 aliphatic carbocycles. The van der Waals surface area contributed by atoms with Crippen LogP contribution in [-0.4, -0.2) is 54.5 Å². The van der Waals surface area contributed by atoms with Crippen LogP contribution < -0.4 is 14.8 Å². The van der Waals surface area contributed by atoms with Crippen LogP contribution in [0.1, 0.15) is 77.3 Å². The van der Waals surface area contributed by atoms with E-state index in [0.29, 0.717) is 29.3 Å². The number of methoxy groups -OCH3 is 1. The number of anilines is 1. The molecule has 2 fully saturated rings. The minimum absolute atomic E-state index is 0.0304. The predicted molar refractivity (Wildman–Crippen MR) is 139 cm³/mol. The summed E-state index contributed by atoms with van der Waals surface area (Å²) >= 11 is 1.50. The number of amides is 1. The van der Waals surface area contributed by atoms with Crippen molar-refractivity contribution >= 4 is 28.2 Å². The maximum absolute atomic E-state index is 13.5. The van der Waals surface area contributed by atoms with Crippen LogP contribution in [0.4, 0.5) is 5.00 Å². The van der Waals surface area contributed by atoms with Crippen LogP contribution in [-0.2, 0) is 22.4 Å². The molecule has 3 heterocycles. The number of esters is 1. The molecule has 198 valence electrons. The van der Waals surface area contributed by atoms with Crippen molar-refractivity contribution in [1.29, 1.82) is 0 Å². The molecule has 1 saturated heterocycles. The molecule has 1 aromatic heterocycles. The zero-order chi connectivity index (χ0) is 25.6. The van der Waals surface area contributed by atoms with E-state index in [1.165, 1.54) is 23.3 Å². The van der Waals surface area contributed by atoms with Gasteiger partial charge in [-0.15, -0.1) is 11.3 Å². The summed E-state index contributed by atoms with van der Waals surface area (Å²) < 4.78 is 16.2. The fourth-order valence-corrected chi connectivity index (χ4v) is 8.08. The first-order chi connectivity index (χ1) is 18.0.